The third kappa shape index (κ3) is 4.84. The van der Waals surface area contributed by atoms with E-state index in [1.54, 1.807) is 0 Å². The molecule has 0 spiro atoms. The van der Waals surface area contributed by atoms with Gasteiger partial charge < -0.3 is 15.0 Å². The predicted molar refractivity (Wildman–Crippen MR) is 90.2 cm³/mol. The third-order valence-corrected chi connectivity index (χ3v) is 4.70. The van der Waals surface area contributed by atoms with Crippen LogP contribution >= 0.6 is 11.3 Å². The van der Waals surface area contributed by atoms with Gasteiger partial charge in [0.05, 0.1) is 16.8 Å². The number of rotatable bonds is 5. The average molecular weight is 387 g/mol. The highest BCUT2D eigenvalue weighted by molar-refractivity contribution is 7.22. The fourth-order valence-electron chi connectivity index (χ4n) is 2.57. The lowest BCUT2D eigenvalue weighted by Crippen LogP contribution is -2.40. The van der Waals surface area contributed by atoms with Crippen molar-refractivity contribution < 1.29 is 27.5 Å². The quantitative estimate of drug-likeness (QED) is 0.855. The maximum absolute atomic E-state index is 12.2. The van der Waals surface area contributed by atoms with E-state index >= 15 is 0 Å². The molecule has 0 aliphatic carbocycles. The Bertz CT molecular complexity index is 822. The number of fused-ring (bicyclic) bond motifs is 1. The van der Waals surface area contributed by atoms with E-state index in [1.807, 2.05) is 0 Å². The van der Waals surface area contributed by atoms with Crippen LogP contribution in [-0.2, 0) is 9.59 Å². The Balaban J connectivity index is 1.63. The van der Waals surface area contributed by atoms with E-state index < -0.39 is 12.8 Å². The summed E-state index contributed by atoms with van der Waals surface area (Å²) in [5.74, 6) is -0.315. The zero-order chi connectivity index (χ0) is 18.7. The van der Waals surface area contributed by atoms with Crippen LogP contribution in [0.4, 0.5) is 18.3 Å². The maximum atomic E-state index is 12.2. The molecule has 0 atom stereocenters. The molecule has 2 amide bonds. The van der Waals surface area contributed by atoms with Crippen LogP contribution in [0.25, 0.3) is 10.2 Å². The average Bonchev–Trinajstić information content (AvgIpc) is 2.95. The number of anilines is 1. The molecule has 1 fully saturated rings. The number of likely N-dealkylation sites (tertiary alicyclic amines) is 1. The standard InChI is InChI=1S/C16H16F3N3O3S/c17-16(18,19)9-25-10-4-5-11-12(7-10)26-15(20-11)21-13(23)8-22-6-2-1-3-14(22)24/h4-5,7H,1-3,6,8-9H2,(H,20,21,23). The largest absolute Gasteiger partial charge is 0.484 e. The number of carbonyl (C=O) groups excluding carboxylic acids is 2. The van der Waals surface area contributed by atoms with Crippen molar-refractivity contribution in [1.29, 1.82) is 0 Å². The third-order valence-electron chi connectivity index (χ3n) is 3.76. The molecule has 1 N–H and O–H groups in total. The second kappa shape index (κ2) is 7.48. The molecule has 1 aliphatic rings. The van der Waals surface area contributed by atoms with Crippen molar-refractivity contribution in [2.75, 3.05) is 25.0 Å². The van der Waals surface area contributed by atoms with E-state index in [-0.39, 0.29) is 24.1 Å². The van der Waals surface area contributed by atoms with Gasteiger partial charge in [-0.1, -0.05) is 11.3 Å². The number of nitrogens with zero attached hydrogens (tertiary/aromatic N) is 2. The molecule has 0 bridgehead atoms. The topological polar surface area (TPSA) is 71.5 Å². The Hall–Kier alpha value is -2.36. The maximum Gasteiger partial charge on any atom is 0.422 e. The van der Waals surface area contributed by atoms with Crippen molar-refractivity contribution >= 4 is 38.5 Å². The Kier molecular flexibility index (Phi) is 5.30. The zero-order valence-corrected chi connectivity index (χ0v) is 14.5. The minimum absolute atomic E-state index is 0.0330. The Morgan fingerprint density at radius 3 is 2.88 bits per heavy atom. The van der Waals surface area contributed by atoms with Crippen molar-refractivity contribution in [2.24, 2.45) is 0 Å². The lowest BCUT2D eigenvalue weighted by Gasteiger charge is -2.25. The fraction of sp³-hybridized carbons (Fsp3) is 0.438. The smallest absolute Gasteiger partial charge is 0.422 e. The number of benzene rings is 1. The van der Waals surface area contributed by atoms with Crippen LogP contribution in [0.3, 0.4) is 0 Å². The molecule has 2 aromatic rings. The van der Waals surface area contributed by atoms with E-state index in [1.165, 1.54) is 23.1 Å². The molecule has 1 saturated heterocycles. The summed E-state index contributed by atoms with van der Waals surface area (Å²) < 4.78 is 41.9. The monoisotopic (exact) mass is 387 g/mol. The number of alkyl halides is 3. The van der Waals surface area contributed by atoms with E-state index in [2.05, 4.69) is 10.3 Å². The first-order valence-corrected chi connectivity index (χ1v) is 8.79. The van der Waals surface area contributed by atoms with Gasteiger partial charge in [-0.15, -0.1) is 0 Å². The van der Waals surface area contributed by atoms with Crippen molar-refractivity contribution in [2.45, 2.75) is 25.4 Å². The van der Waals surface area contributed by atoms with Crippen LogP contribution in [-0.4, -0.2) is 47.6 Å². The number of ether oxygens (including phenoxy) is 1. The highest BCUT2D eigenvalue weighted by Crippen LogP contribution is 2.30. The predicted octanol–water partition coefficient (Wildman–Crippen LogP) is 3.19. The van der Waals surface area contributed by atoms with Gasteiger partial charge in [-0.05, 0) is 31.0 Å². The van der Waals surface area contributed by atoms with Crippen molar-refractivity contribution in [1.82, 2.24) is 9.88 Å². The summed E-state index contributed by atoms with van der Waals surface area (Å²) in [4.78, 5) is 29.6. The summed E-state index contributed by atoms with van der Waals surface area (Å²) in [6.07, 6.45) is -2.24. The van der Waals surface area contributed by atoms with E-state index in [9.17, 15) is 22.8 Å². The summed E-state index contributed by atoms with van der Waals surface area (Å²) in [6.45, 7) is -0.842. The molecule has 1 aromatic carbocycles. The summed E-state index contributed by atoms with van der Waals surface area (Å²) in [6, 6.07) is 4.37. The first-order valence-electron chi connectivity index (χ1n) is 7.98. The SMILES string of the molecule is O=C(CN1CCCCC1=O)Nc1nc2ccc(OCC(F)(F)F)cc2s1. The lowest BCUT2D eigenvalue weighted by molar-refractivity contribution is -0.153. The van der Waals surface area contributed by atoms with Crippen LogP contribution in [0.2, 0.25) is 0 Å². The van der Waals surface area contributed by atoms with Crippen LogP contribution < -0.4 is 10.1 Å². The van der Waals surface area contributed by atoms with Crippen molar-refractivity contribution in [3.8, 4) is 5.75 Å². The van der Waals surface area contributed by atoms with Crippen LogP contribution in [0.5, 0.6) is 5.75 Å². The molecule has 140 valence electrons. The van der Waals surface area contributed by atoms with Crippen LogP contribution in [0.1, 0.15) is 19.3 Å². The van der Waals surface area contributed by atoms with Gasteiger partial charge in [-0.2, -0.15) is 13.2 Å². The Morgan fingerprint density at radius 1 is 1.35 bits per heavy atom. The number of hydrogen-bond donors (Lipinski definition) is 1. The number of halogens is 3. The summed E-state index contributed by atoms with van der Waals surface area (Å²) >= 11 is 1.13. The van der Waals surface area contributed by atoms with E-state index in [0.717, 1.165) is 24.2 Å². The molecule has 0 saturated carbocycles. The number of piperidine rings is 1. The minimum Gasteiger partial charge on any atom is -0.484 e. The fourth-order valence-corrected chi connectivity index (χ4v) is 3.48. The van der Waals surface area contributed by atoms with Crippen molar-refractivity contribution in [3.63, 3.8) is 0 Å². The number of hydrogen-bond acceptors (Lipinski definition) is 5. The van der Waals surface area contributed by atoms with Gasteiger partial charge in [0, 0.05) is 13.0 Å². The number of thiazole rings is 1. The van der Waals surface area contributed by atoms with Gasteiger partial charge in [-0.25, -0.2) is 4.98 Å². The van der Waals surface area contributed by atoms with Gasteiger partial charge in [0.15, 0.2) is 11.7 Å². The first kappa shape index (κ1) is 18.4. The molecule has 2 heterocycles. The number of carbonyl (C=O) groups is 2. The minimum atomic E-state index is -4.41. The Labute approximate surface area is 150 Å². The van der Waals surface area contributed by atoms with Gasteiger partial charge >= 0.3 is 6.18 Å². The molecule has 10 heteroatoms. The molecule has 0 unspecified atom stereocenters. The van der Waals surface area contributed by atoms with E-state index in [4.69, 9.17) is 4.74 Å². The highest BCUT2D eigenvalue weighted by atomic mass is 32.1. The van der Waals surface area contributed by atoms with Gasteiger partial charge in [0.2, 0.25) is 11.8 Å². The van der Waals surface area contributed by atoms with Crippen molar-refractivity contribution in [3.05, 3.63) is 18.2 Å². The second-order valence-corrected chi connectivity index (χ2v) is 6.90. The highest BCUT2D eigenvalue weighted by Gasteiger charge is 2.28. The lowest BCUT2D eigenvalue weighted by atomic mass is 10.1. The van der Waals surface area contributed by atoms with Crippen LogP contribution in [0, 0.1) is 0 Å². The molecule has 6 nitrogen and oxygen atoms in total. The van der Waals surface area contributed by atoms with Gasteiger partial charge in [0.25, 0.3) is 0 Å². The summed E-state index contributed by atoms with van der Waals surface area (Å²) in [5.41, 5.74) is 0.540. The summed E-state index contributed by atoms with van der Waals surface area (Å²) in [5, 5.41) is 2.95. The number of aromatic nitrogens is 1. The second-order valence-electron chi connectivity index (χ2n) is 5.87. The molecule has 0 radical (unpaired) electrons. The van der Waals surface area contributed by atoms with Gasteiger partial charge in [0.1, 0.15) is 5.75 Å². The molecule has 3 rings (SSSR count). The van der Waals surface area contributed by atoms with Gasteiger partial charge in [-0.3, -0.25) is 9.59 Å². The molecule has 1 aromatic heterocycles. The zero-order valence-electron chi connectivity index (χ0n) is 13.6. The van der Waals surface area contributed by atoms with Crippen LogP contribution in [0.15, 0.2) is 18.2 Å². The summed E-state index contributed by atoms with van der Waals surface area (Å²) in [7, 11) is 0. The first-order chi connectivity index (χ1) is 12.3. The van der Waals surface area contributed by atoms with E-state index in [0.29, 0.717) is 28.3 Å². The Morgan fingerprint density at radius 2 is 2.15 bits per heavy atom. The number of amides is 2. The molecule has 26 heavy (non-hydrogen) atoms. The molecule has 1 aliphatic heterocycles. The normalized spacial score (nSPS) is 15.3. The molecular weight excluding hydrogens is 371 g/mol. The number of nitrogens with one attached hydrogen (secondary N) is 1. The molecular formula is C16H16F3N3O3S.